The van der Waals surface area contributed by atoms with E-state index in [9.17, 15) is 0 Å². The number of aromatic amines is 1. The van der Waals surface area contributed by atoms with Gasteiger partial charge in [-0.3, -0.25) is 5.10 Å². The number of nitrogens with one attached hydrogen (secondary N) is 1. The summed E-state index contributed by atoms with van der Waals surface area (Å²) in [5.74, 6) is 0. The van der Waals surface area contributed by atoms with Crippen molar-refractivity contribution >= 4 is 28.5 Å². The van der Waals surface area contributed by atoms with Crippen LogP contribution in [-0.2, 0) is 13.0 Å². The van der Waals surface area contributed by atoms with Crippen LogP contribution in [-0.4, -0.2) is 21.7 Å². The summed E-state index contributed by atoms with van der Waals surface area (Å²) < 4.78 is 5.92. The lowest BCUT2D eigenvalue weighted by Crippen LogP contribution is -2.30. The number of oxazole rings is 1. The monoisotopic (exact) mass is 322 g/mol. The Labute approximate surface area is 136 Å². The molecule has 0 aliphatic carbocycles. The zero-order chi connectivity index (χ0) is 15.2. The lowest BCUT2D eigenvalue weighted by molar-refractivity contribution is 0.553. The van der Waals surface area contributed by atoms with E-state index < -0.39 is 0 Å². The topological polar surface area (TPSA) is 58.0 Å². The van der Waals surface area contributed by atoms with Crippen LogP contribution < -0.4 is 4.90 Å². The molecule has 114 valence electrons. The highest BCUT2D eigenvalue weighted by Gasteiger charge is 2.25. The fourth-order valence-electron chi connectivity index (χ4n) is 3.07. The number of fused-ring (bicyclic) bond motifs is 2. The molecule has 1 N–H and O–H groups in total. The van der Waals surface area contributed by atoms with Crippen LogP contribution >= 0.6 is 11.3 Å². The van der Waals surface area contributed by atoms with Crippen LogP contribution in [0.4, 0.5) is 6.01 Å². The van der Waals surface area contributed by atoms with Crippen LogP contribution in [0, 0.1) is 0 Å². The Kier molecular flexibility index (Phi) is 2.78. The Bertz CT molecular complexity index is 937. The minimum absolute atomic E-state index is 0.690. The molecule has 1 aliphatic rings. The van der Waals surface area contributed by atoms with Crippen molar-refractivity contribution in [1.82, 2.24) is 15.2 Å². The van der Waals surface area contributed by atoms with Gasteiger partial charge in [-0.2, -0.15) is 10.1 Å². The molecule has 0 saturated heterocycles. The number of anilines is 1. The molecular formula is C17H14N4OS. The summed E-state index contributed by atoms with van der Waals surface area (Å²) >= 11 is 1.71. The van der Waals surface area contributed by atoms with E-state index in [0.29, 0.717) is 6.01 Å². The second-order valence-corrected chi connectivity index (χ2v) is 6.59. The third kappa shape index (κ3) is 2.06. The van der Waals surface area contributed by atoms with Gasteiger partial charge in [-0.15, -0.1) is 11.3 Å². The van der Waals surface area contributed by atoms with Gasteiger partial charge in [0, 0.05) is 24.2 Å². The number of H-pyrrole nitrogens is 1. The molecule has 5 nitrogen and oxygen atoms in total. The highest BCUT2D eigenvalue weighted by Crippen LogP contribution is 2.33. The lowest BCUT2D eigenvalue weighted by atomic mass is 10.1. The summed E-state index contributed by atoms with van der Waals surface area (Å²) in [6.45, 7) is 1.65. The number of hydrogen-bond acceptors (Lipinski definition) is 5. The molecule has 0 fully saturated rings. The lowest BCUT2D eigenvalue weighted by Gasteiger charge is -2.25. The molecule has 0 atom stereocenters. The predicted octanol–water partition coefficient (Wildman–Crippen LogP) is 3.84. The summed E-state index contributed by atoms with van der Waals surface area (Å²) in [4.78, 5) is 8.00. The van der Waals surface area contributed by atoms with Crippen molar-refractivity contribution in [3.63, 3.8) is 0 Å². The van der Waals surface area contributed by atoms with Gasteiger partial charge in [0.2, 0.25) is 0 Å². The normalized spacial score (nSPS) is 14.3. The molecule has 0 spiro atoms. The Morgan fingerprint density at radius 2 is 2.13 bits per heavy atom. The maximum Gasteiger partial charge on any atom is 0.298 e. The molecule has 0 unspecified atom stereocenters. The molecule has 3 aromatic heterocycles. The highest BCUT2D eigenvalue weighted by atomic mass is 32.1. The van der Waals surface area contributed by atoms with Gasteiger partial charge in [0.1, 0.15) is 11.2 Å². The van der Waals surface area contributed by atoms with E-state index in [1.54, 1.807) is 11.3 Å². The first kappa shape index (κ1) is 12.9. The molecule has 6 heteroatoms. The van der Waals surface area contributed by atoms with Gasteiger partial charge in [-0.1, -0.05) is 18.2 Å². The average Bonchev–Trinajstić information content (AvgIpc) is 3.31. The van der Waals surface area contributed by atoms with Crippen molar-refractivity contribution in [2.24, 2.45) is 0 Å². The number of para-hydroxylation sites is 2. The van der Waals surface area contributed by atoms with E-state index in [2.05, 4.69) is 37.6 Å². The molecule has 5 rings (SSSR count). The number of benzene rings is 1. The fraction of sp³-hybridized carbons (Fsp3) is 0.176. The van der Waals surface area contributed by atoms with Crippen molar-refractivity contribution in [3.05, 3.63) is 53.0 Å². The van der Waals surface area contributed by atoms with E-state index in [0.717, 1.165) is 36.3 Å². The minimum Gasteiger partial charge on any atom is -0.423 e. The molecule has 1 aliphatic heterocycles. The van der Waals surface area contributed by atoms with Crippen molar-refractivity contribution in [1.29, 1.82) is 0 Å². The van der Waals surface area contributed by atoms with Crippen LogP contribution in [0.2, 0.25) is 0 Å². The first-order valence-electron chi connectivity index (χ1n) is 7.59. The fourth-order valence-corrected chi connectivity index (χ4v) is 3.81. The second-order valence-electron chi connectivity index (χ2n) is 5.64. The van der Waals surface area contributed by atoms with Crippen LogP contribution in [0.25, 0.3) is 21.7 Å². The van der Waals surface area contributed by atoms with Crippen LogP contribution in [0.3, 0.4) is 0 Å². The summed E-state index contributed by atoms with van der Waals surface area (Å²) in [5, 5.41) is 9.79. The third-order valence-electron chi connectivity index (χ3n) is 4.24. The molecule has 0 radical (unpaired) electrons. The van der Waals surface area contributed by atoms with Gasteiger partial charge in [-0.05, 0) is 23.6 Å². The van der Waals surface area contributed by atoms with E-state index in [-0.39, 0.29) is 0 Å². The average molecular weight is 322 g/mol. The smallest absolute Gasteiger partial charge is 0.298 e. The van der Waals surface area contributed by atoms with Crippen molar-refractivity contribution in [3.8, 4) is 10.6 Å². The molecule has 4 heterocycles. The number of aromatic nitrogens is 3. The van der Waals surface area contributed by atoms with Crippen molar-refractivity contribution in [2.45, 2.75) is 13.0 Å². The van der Waals surface area contributed by atoms with Crippen molar-refractivity contribution in [2.75, 3.05) is 11.4 Å². The first-order chi connectivity index (χ1) is 11.4. The molecular weight excluding hydrogens is 308 g/mol. The number of nitrogens with zero attached hydrogens (tertiary/aromatic N) is 3. The van der Waals surface area contributed by atoms with Crippen LogP contribution in [0.1, 0.15) is 11.3 Å². The second kappa shape index (κ2) is 4.96. The van der Waals surface area contributed by atoms with E-state index >= 15 is 0 Å². The minimum atomic E-state index is 0.690. The van der Waals surface area contributed by atoms with E-state index in [1.807, 2.05) is 24.3 Å². The molecule has 4 aromatic rings. The Morgan fingerprint density at radius 1 is 1.17 bits per heavy atom. The predicted molar refractivity (Wildman–Crippen MR) is 90.7 cm³/mol. The summed E-state index contributed by atoms with van der Waals surface area (Å²) in [6, 6.07) is 12.7. The standard InChI is InChI=1S/C17H14N4OS/c1-2-5-14-13(4-1)18-17(22-14)21-8-7-12-11(10-21)16(20-19-12)15-6-3-9-23-15/h1-6,9H,7-8,10H2,(H,19,20). The Morgan fingerprint density at radius 3 is 3.00 bits per heavy atom. The van der Waals surface area contributed by atoms with Gasteiger partial charge >= 0.3 is 0 Å². The van der Waals surface area contributed by atoms with E-state index in [4.69, 9.17) is 4.42 Å². The molecule has 0 amide bonds. The zero-order valence-electron chi connectivity index (χ0n) is 12.3. The first-order valence-corrected chi connectivity index (χ1v) is 8.47. The maximum absolute atomic E-state index is 5.92. The number of thiophene rings is 1. The summed E-state index contributed by atoms with van der Waals surface area (Å²) in [6.07, 6.45) is 0.923. The van der Waals surface area contributed by atoms with Gasteiger partial charge in [0.05, 0.1) is 11.4 Å². The molecule has 1 aromatic carbocycles. The van der Waals surface area contributed by atoms with Gasteiger partial charge in [0.15, 0.2) is 5.58 Å². The Balaban J connectivity index is 1.53. The maximum atomic E-state index is 5.92. The summed E-state index contributed by atoms with van der Waals surface area (Å²) in [5.41, 5.74) is 5.26. The summed E-state index contributed by atoms with van der Waals surface area (Å²) in [7, 11) is 0. The zero-order valence-corrected chi connectivity index (χ0v) is 13.1. The van der Waals surface area contributed by atoms with Crippen LogP contribution in [0.5, 0.6) is 0 Å². The largest absolute Gasteiger partial charge is 0.423 e. The number of hydrogen-bond donors (Lipinski definition) is 1. The highest BCUT2D eigenvalue weighted by molar-refractivity contribution is 7.13. The van der Waals surface area contributed by atoms with E-state index in [1.165, 1.54) is 16.1 Å². The SMILES string of the molecule is c1csc(-c2n[nH]c3c2CN(c2nc4ccccc4o2)CC3)c1. The van der Waals surface area contributed by atoms with Gasteiger partial charge in [0.25, 0.3) is 6.01 Å². The quantitative estimate of drug-likeness (QED) is 0.609. The number of rotatable bonds is 2. The van der Waals surface area contributed by atoms with Gasteiger partial charge in [-0.25, -0.2) is 0 Å². The van der Waals surface area contributed by atoms with Gasteiger partial charge < -0.3 is 9.32 Å². The molecule has 0 saturated carbocycles. The molecule has 23 heavy (non-hydrogen) atoms. The Hall–Kier alpha value is -2.60. The third-order valence-corrected chi connectivity index (χ3v) is 5.12. The molecule has 0 bridgehead atoms. The van der Waals surface area contributed by atoms with Crippen LogP contribution in [0.15, 0.2) is 46.2 Å². The van der Waals surface area contributed by atoms with Crippen molar-refractivity contribution < 1.29 is 4.42 Å².